The third-order valence-corrected chi connectivity index (χ3v) is 4.33. The van der Waals surface area contributed by atoms with Gasteiger partial charge in [-0.15, -0.1) is 0 Å². The summed E-state index contributed by atoms with van der Waals surface area (Å²) in [5.74, 6) is -0.647. The van der Waals surface area contributed by atoms with Gasteiger partial charge >= 0.3 is 5.97 Å². The Morgan fingerprint density at radius 1 is 1.38 bits per heavy atom. The van der Waals surface area contributed by atoms with Gasteiger partial charge in [0, 0.05) is 19.0 Å². The van der Waals surface area contributed by atoms with E-state index in [1.807, 2.05) is 30.5 Å². The molecule has 0 aromatic heterocycles. The zero-order valence-electron chi connectivity index (χ0n) is 12.1. The fourth-order valence-corrected chi connectivity index (χ4v) is 3.19. The fraction of sp³-hybridized carbons (Fsp3) is 0.467. The molecule has 21 heavy (non-hydrogen) atoms. The Hall–Kier alpha value is -1.69. The van der Waals surface area contributed by atoms with Gasteiger partial charge in [0.25, 0.3) is 0 Å². The number of nitrogens with zero attached hydrogens (tertiary/aromatic N) is 1. The quantitative estimate of drug-likeness (QED) is 0.896. The first-order chi connectivity index (χ1) is 10.1. The molecule has 2 atom stereocenters. The second-order valence-electron chi connectivity index (χ2n) is 5.02. The highest BCUT2D eigenvalue weighted by Gasteiger charge is 2.41. The van der Waals surface area contributed by atoms with E-state index < -0.39 is 11.9 Å². The smallest absolute Gasteiger partial charge is 0.308 e. The monoisotopic (exact) mass is 309 g/mol. The van der Waals surface area contributed by atoms with E-state index in [1.165, 1.54) is 11.8 Å². The van der Waals surface area contributed by atoms with Gasteiger partial charge in [-0.3, -0.25) is 9.59 Å². The number of carbonyl (C=O) groups excluding carboxylic acids is 1. The predicted octanol–water partition coefficient (Wildman–Crippen LogP) is 1.68. The van der Waals surface area contributed by atoms with Gasteiger partial charge in [-0.2, -0.15) is 11.8 Å². The van der Waals surface area contributed by atoms with Crippen LogP contribution in [0.1, 0.15) is 11.5 Å². The molecule has 1 amide bonds. The summed E-state index contributed by atoms with van der Waals surface area (Å²) >= 11 is 1.45. The molecule has 1 aromatic carbocycles. The van der Waals surface area contributed by atoms with Crippen LogP contribution in [0, 0.1) is 5.92 Å². The van der Waals surface area contributed by atoms with E-state index in [4.69, 9.17) is 4.74 Å². The standard InChI is InChI=1S/C15H19NO4S/c1-20-13-6-4-3-5-10(13)11-7-16(14(17)9-21-2)8-12(11)15(18)19/h3-6,11-12H,7-9H2,1-2H3,(H,18,19)/t11-,12+/m0/s1. The van der Waals surface area contributed by atoms with Crippen LogP contribution in [-0.4, -0.2) is 54.1 Å². The second kappa shape index (κ2) is 6.85. The van der Waals surface area contributed by atoms with Crippen molar-refractivity contribution >= 4 is 23.6 Å². The lowest BCUT2D eigenvalue weighted by Gasteiger charge is -2.18. The lowest BCUT2D eigenvalue weighted by atomic mass is 9.88. The van der Waals surface area contributed by atoms with Crippen molar-refractivity contribution in [3.05, 3.63) is 29.8 Å². The van der Waals surface area contributed by atoms with E-state index in [1.54, 1.807) is 12.0 Å². The molecule has 5 nitrogen and oxygen atoms in total. The number of aliphatic carboxylic acids is 1. The van der Waals surface area contributed by atoms with Crippen LogP contribution in [0.5, 0.6) is 5.75 Å². The molecule has 1 saturated heterocycles. The number of methoxy groups -OCH3 is 1. The number of carboxylic acid groups (broad SMARTS) is 1. The number of hydrogen-bond acceptors (Lipinski definition) is 4. The van der Waals surface area contributed by atoms with Crippen LogP contribution in [0.2, 0.25) is 0 Å². The van der Waals surface area contributed by atoms with E-state index in [9.17, 15) is 14.7 Å². The average Bonchev–Trinajstić information content (AvgIpc) is 2.92. The molecule has 0 aliphatic carbocycles. The molecule has 1 aliphatic rings. The summed E-state index contributed by atoms with van der Waals surface area (Å²) in [5.41, 5.74) is 0.854. The molecule has 0 bridgehead atoms. The van der Waals surface area contributed by atoms with Crippen LogP contribution < -0.4 is 4.74 Å². The zero-order valence-corrected chi connectivity index (χ0v) is 12.9. The van der Waals surface area contributed by atoms with Gasteiger partial charge in [-0.05, 0) is 17.9 Å². The first kappa shape index (κ1) is 15.7. The Labute approximate surface area is 128 Å². The Bertz CT molecular complexity index is 534. The molecule has 2 rings (SSSR count). The molecule has 6 heteroatoms. The number of rotatable bonds is 5. The number of carbonyl (C=O) groups is 2. The Morgan fingerprint density at radius 2 is 2.10 bits per heavy atom. The fourth-order valence-electron chi connectivity index (χ4n) is 2.76. The molecule has 1 heterocycles. The summed E-state index contributed by atoms with van der Waals surface area (Å²) in [7, 11) is 1.57. The van der Waals surface area contributed by atoms with Crippen LogP contribution in [-0.2, 0) is 9.59 Å². The number of carboxylic acids is 1. The van der Waals surface area contributed by atoms with E-state index in [0.29, 0.717) is 18.0 Å². The maximum Gasteiger partial charge on any atom is 0.308 e. The molecule has 0 saturated carbocycles. The molecule has 1 aliphatic heterocycles. The average molecular weight is 309 g/mol. The topological polar surface area (TPSA) is 66.8 Å². The summed E-state index contributed by atoms with van der Waals surface area (Å²) in [6.07, 6.45) is 1.86. The minimum absolute atomic E-state index is 0.00820. The van der Waals surface area contributed by atoms with Gasteiger partial charge in [-0.1, -0.05) is 18.2 Å². The van der Waals surface area contributed by atoms with E-state index in [-0.39, 0.29) is 18.4 Å². The minimum Gasteiger partial charge on any atom is -0.496 e. The lowest BCUT2D eigenvalue weighted by molar-refractivity contribution is -0.141. The third-order valence-electron chi connectivity index (χ3n) is 3.80. The van der Waals surface area contributed by atoms with Crippen molar-refractivity contribution in [1.29, 1.82) is 0 Å². The van der Waals surface area contributed by atoms with Crippen molar-refractivity contribution in [2.75, 3.05) is 32.2 Å². The van der Waals surface area contributed by atoms with Gasteiger partial charge in [0.1, 0.15) is 5.75 Å². The molecule has 0 spiro atoms. The second-order valence-corrected chi connectivity index (χ2v) is 5.89. The van der Waals surface area contributed by atoms with Crippen LogP contribution in [0.3, 0.4) is 0 Å². The van der Waals surface area contributed by atoms with Gasteiger partial charge in [0.05, 0.1) is 18.8 Å². The van der Waals surface area contributed by atoms with Crippen LogP contribution >= 0.6 is 11.8 Å². The third kappa shape index (κ3) is 3.32. The summed E-state index contributed by atoms with van der Waals surface area (Å²) in [4.78, 5) is 25.2. The molecule has 1 aromatic rings. The van der Waals surface area contributed by atoms with Gasteiger partial charge in [-0.25, -0.2) is 0 Å². The highest BCUT2D eigenvalue weighted by Crippen LogP contribution is 2.37. The van der Waals surface area contributed by atoms with Crippen molar-refractivity contribution in [1.82, 2.24) is 4.90 Å². The highest BCUT2D eigenvalue weighted by atomic mass is 32.2. The van der Waals surface area contributed by atoms with Crippen molar-refractivity contribution in [3.8, 4) is 5.75 Å². The van der Waals surface area contributed by atoms with E-state index in [0.717, 1.165) is 5.56 Å². The number of hydrogen-bond donors (Lipinski definition) is 1. The lowest BCUT2D eigenvalue weighted by Crippen LogP contribution is -2.31. The van der Waals surface area contributed by atoms with Crippen molar-refractivity contribution < 1.29 is 19.4 Å². The molecule has 1 N–H and O–H groups in total. The maximum atomic E-state index is 12.0. The molecule has 0 unspecified atom stereocenters. The number of amides is 1. The Balaban J connectivity index is 2.28. The van der Waals surface area contributed by atoms with Gasteiger partial charge < -0.3 is 14.7 Å². The van der Waals surface area contributed by atoms with Crippen molar-refractivity contribution in [3.63, 3.8) is 0 Å². The summed E-state index contributed by atoms with van der Waals surface area (Å²) in [6.45, 7) is 0.689. The normalized spacial score (nSPS) is 21.3. The maximum absolute atomic E-state index is 12.0. The molecule has 114 valence electrons. The summed E-state index contributed by atoms with van der Waals surface area (Å²) in [5, 5.41) is 9.45. The molecular weight excluding hydrogens is 290 g/mol. The highest BCUT2D eigenvalue weighted by molar-refractivity contribution is 7.99. The molecule has 0 radical (unpaired) electrons. The van der Waals surface area contributed by atoms with E-state index >= 15 is 0 Å². The number of likely N-dealkylation sites (tertiary alicyclic amines) is 1. The summed E-state index contributed by atoms with van der Waals surface area (Å²) < 4.78 is 5.33. The predicted molar refractivity (Wildman–Crippen MR) is 81.8 cm³/mol. The largest absolute Gasteiger partial charge is 0.496 e. The van der Waals surface area contributed by atoms with Crippen LogP contribution in [0.15, 0.2) is 24.3 Å². The first-order valence-corrected chi connectivity index (χ1v) is 8.10. The zero-order chi connectivity index (χ0) is 15.4. The van der Waals surface area contributed by atoms with Crippen molar-refractivity contribution in [2.45, 2.75) is 5.92 Å². The molecule has 1 fully saturated rings. The molecular formula is C15H19NO4S. The van der Waals surface area contributed by atoms with Crippen LogP contribution in [0.4, 0.5) is 0 Å². The van der Waals surface area contributed by atoms with E-state index in [2.05, 4.69) is 0 Å². The number of benzene rings is 1. The minimum atomic E-state index is -0.870. The summed E-state index contributed by atoms with van der Waals surface area (Å²) in [6, 6.07) is 7.41. The Morgan fingerprint density at radius 3 is 2.71 bits per heavy atom. The van der Waals surface area contributed by atoms with Gasteiger partial charge in [0.2, 0.25) is 5.91 Å². The number of para-hydroxylation sites is 1. The van der Waals surface area contributed by atoms with Crippen molar-refractivity contribution in [2.24, 2.45) is 5.92 Å². The Kier molecular flexibility index (Phi) is 5.12. The first-order valence-electron chi connectivity index (χ1n) is 6.71. The SMILES string of the molecule is COc1ccccc1[C@@H]1CN(C(=O)CSC)C[C@H]1C(=O)O. The van der Waals surface area contributed by atoms with Crippen LogP contribution in [0.25, 0.3) is 0 Å². The number of ether oxygens (including phenoxy) is 1. The number of thioether (sulfide) groups is 1. The van der Waals surface area contributed by atoms with Gasteiger partial charge in [0.15, 0.2) is 0 Å².